The number of aliphatic hydroxyl groups excluding tert-OH is 1. The number of rotatable bonds is 33. The van der Waals surface area contributed by atoms with Crippen molar-refractivity contribution in [2.75, 3.05) is 26.2 Å². The lowest BCUT2D eigenvalue weighted by Crippen LogP contribution is -2.59. The molecular formula is C56H76F5N11O16. The molecule has 486 valence electrons. The lowest BCUT2D eigenvalue weighted by Gasteiger charge is -2.41. The second-order valence-corrected chi connectivity index (χ2v) is 21.2. The smallest absolute Gasteiger partial charge is 0.481 e. The molecule has 15 N–H and O–H groups in total. The van der Waals surface area contributed by atoms with E-state index in [9.17, 15) is 80.5 Å². The molecule has 0 aliphatic rings. The molecule has 2 aromatic carbocycles. The Morgan fingerprint density at radius 2 is 1.25 bits per heavy atom. The Labute approximate surface area is 502 Å². The SMILES string of the molecule is CC(=O)N[C@@H](CCCCN)C(=O)N[C@@H](C)C(=O)N[C@H](C)C(=O)N[C@@H](CC(N)=O)C(=O)N[C@@H](CCN(C(=O)CO)[C@@H](c1cc(-c2cc(F)ccc2F)cn1Cc1ccccc1)C(C)(C)C)C(=O)NCCC(=O)N[C@H](CCC(=O)O)C(=O)O.O=C(O)C(F)(F)F. The highest BCUT2D eigenvalue weighted by Crippen LogP contribution is 2.41. The van der Waals surface area contributed by atoms with Gasteiger partial charge in [0.15, 0.2) is 0 Å². The number of hydrogen-bond donors (Lipinski definition) is 13. The molecule has 3 aromatic rings. The third-order valence-corrected chi connectivity index (χ3v) is 12.9. The van der Waals surface area contributed by atoms with Crippen LogP contribution in [-0.2, 0) is 64.1 Å². The fourth-order valence-electron chi connectivity index (χ4n) is 8.62. The van der Waals surface area contributed by atoms with E-state index in [0.717, 1.165) is 23.8 Å². The van der Waals surface area contributed by atoms with Crippen LogP contribution in [-0.4, -0.2) is 170 Å². The maximum atomic E-state index is 15.4. The first kappa shape index (κ1) is 75.0. The Bertz CT molecular complexity index is 2940. The molecule has 1 heterocycles. The average Bonchev–Trinajstić information content (AvgIpc) is 3.94. The Balaban J connectivity index is 0.00000354. The van der Waals surface area contributed by atoms with E-state index in [-0.39, 0.29) is 24.1 Å². The van der Waals surface area contributed by atoms with Gasteiger partial charge in [0.25, 0.3) is 0 Å². The van der Waals surface area contributed by atoms with Gasteiger partial charge in [-0.1, -0.05) is 51.1 Å². The third-order valence-electron chi connectivity index (χ3n) is 12.9. The molecule has 1 aromatic heterocycles. The van der Waals surface area contributed by atoms with Crippen LogP contribution in [0.1, 0.15) is 110 Å². The number of halogens is 5. The number of aliphatic hydroxyl groups is 1. The predicted molar refractivity (Wildman–Crippen MR) is 302 cm³/mol. The summed E-state index contributed by atoms with van der Waals surface area (Å²) in [6, 6.07) is 3.63. The fourth-order valence-corrected chi connectivity index (χ4v) is 8.62. The minimum atomic E-state index is -5.08. The molecule has 9 amide bonds. The van der Waals surface area contributed by atoms with E-state index in [1.807, 2.05) is 12.1 Å². The minimum absolute atomic E-state index is 0.0988. The van der Waals surface area contributed by atoms with Gasteiger partial charge in [-0.2, -0.15) is 13.2 Å². The number of hydrogen-bond acceptors (Lipinski definition) is 14. The Kier molecular flexibility index (Phi) is 30.3. The highest BCUT2D eigenvalue weighted by atomic mass is 19.4. The van der Waals surface area contributed by atoms with Gasteiger partial charge >= 0.3 is 24.1 Å². The monoisotopic (exact) mass is 1250 g/mol. The zero-order valence-corrected chi connectivity index (χ0v) is 49.1. The molecule has 88 heavy (non-hydrogen) atoms. The highest BCUT2D eigenvalue weighted by Gasteiger charge is 2.40. The van der Waals surface area contributed by atoms with E-state index in [4.69, 9.17) is 26.5 Å². The van der Waals surface area contributed by atoms with Crippen LogP contribution in [0, 0.1) is 17.0 Å². The quantitative estimate of drug-likeness (QED) is 0.0297. The van der Waals surface area contributed by atoms with Gasteiger partial charge in [0.1, 0.15) is 54.5 Å². The number of nitrogens with two attached hydrogens (primary N) is 2. The van der Waals surface area contributed by atoms with Gasteiger partial charge in [0.05, 0.1) is 12.5 Å². The summed E-state index contributed by atoms with van der Waals surface area (Å²) in [6.07, 6.45) is -5.21. The molecule has 0 bridgehead atoms. The summed E-state index contributed by atoms with van der Waals surface area (Å²) >= 11 is 0. The zero-order chi connectivity index (χ0) is 66.8. The Morgan fingerprint density at radius 1 is 0.682 bits per heavy atom. The van der Waals surface area contributed by atoms with Gasteiger partial charge in [0.2, 0.25) is 53.2 Å². The number of alkyl halides is 3. The van der Waals surface area contributed by atoms with E-state index in [1.165, 1.54) is 25.7 Å². The maximum Gasteiger partial charge on any atom is 0.490 e. The van der Waals surface area contributed by atoms with E-state index >= 15 is 4.39 Å². The van der Waals surface area contributed by atoms with Crippen molar-refractivity contribution in [2.45, 2.75) is 148 Å². The fraction of sp³-hybridized carbons (Fsp3) is 0.500. The first-order valence-electron chi connectivity index (χ1n) is 27.4. The molecule has 3 rings (SSSR count). The van der Waals surface area contributed by atoms with Crippen LogP contribution in [0.2, 0.25) is 0 Å². The van der Waals surface area contributed by atoms with Gasteiger partial charge in [-0.05, 0) is 87.7 Å². The van der Waals surface area contributed by atoms with Crippen LogP contribution >= 0.6 is 0 Å². The van der Waals surface area contributed by atoms with Crippen molar-refractivity contribution < 1.29 is 99.9 Å². The molecule has 0 aliphatic carbocycles. The van der Waals surface area contributed by atoms with Gasteiger partial charge in [-0.3, -0.25) is 47.9 Å². The van der Waals surface area contributed by atoms with Crippen molar-refractivity contribution in [1.29, 1.82) is 0 Å². The lowest BCUT2D eigenvalue weighted by atomic mass is 9.82. The van der Waals surface area contributed by atoms with Gasteiger partial charge in [-0.25, -0.2) is 18.4 Å². The standard InChI is InChI=1S/C54H75F2N11O14.C2HF3O2/c1-30(61-51(78)38(62-32(3)69)14-10-11-21-57)48(75)60-31(2)49(76)65-41(26-43(58)70)52(79)64-39(50(77)59-22-19-44(71)63-40(53(80)81)17-18-46(73)74)20-23-67(45(72)29-68)47(54(4,5)6)42-24-34(36-25-35(55)15-16-37(36)56)28-66(42)27-33-12-8-7-9-13-33;3-2(4,5)1(6)7/h7-9,12-13,15-16,24-25,28,30-31,38-41,47,68H,10-11,14,17-23,26-27,29,57H2,1-6H3,(H2,58,70)(H,59,77)(H,60,75)(H,61,78)(H,62,69)(H,63,71)(H,64,79)(H,65,76)(H,73,74)(H,80,81);(H,6,7)/t30-,31+,38-,39-,40+,41-,47-;/m0./s1. The minimum Gasteiger partial charge on any atom is -0.481 e. The first-order chi connectivity index (χ1) is 41.0. The topological polar surface area (TPSA) is 430 Å². The van der Waals surface area contributed by atoms with Crippen LogP contribution < -0.4 is 48.7 Å². The number of primary amides is 1. The van der Waals surface area contributed by atoms with Crippen molar-refractivity contribution in [1.82, 2.24) is 46.7 Å². The summed E-state index contributed by atoms with van der Waals surface area (Å²) in [6.45, 7) is 7.51. The maximum absolute atomic E-state index is 15.4. The molecule has 7 atom stereocenters. The van der Waals surface area contributed by atoms with Crippen molar-refractivity contribution in [3.8, 4) is 11.1 Å². The number of amides is 9. The van der Waals surface area contributed by atoms with Crippen molar-refractivity contribution >= 4 is 71.1 Å². The predicted octanol–water partition coefficient (Wildman–Crippen LogP) is 0.842. The number of carbonyl (C=O) groups is 12. The van der Waals surface area contributed by atoms with Crippen molar-refractivity contribution in [2.24, 2.45) is 16.9 Å². The highest BCUT2D eigenvalue weighted by molar-refractivity contribution is 5.97. The summed E-state index contributed by atoms with van der Waals surface area (Å²) in [5.74, 6) is -15.3. The number of nitrogens with one attached hydrogen (secondary N) is 7. The summed E-state index contributed by atoms with van der Waals surface area (Å²) in [7, 11) is 0. The first-order valence-corrected chi connectivity index (χ1v) is 27.4. The lowest BCUT2D eigenvalue weighted by molar-refractivity contribution is -0.192. The van der Waals surface area contributed by atoms with Crippen molar-refractivity contribution in [3.05, 3.63) is 83.7 Å². The van der Waals surface area contributed by atoms with Crippen LogP contribution in [0.4, 0.5) is 22.0 Å². The number of unbranched alkanes of at least 4 members (excludes halogenated alkanes) is 1. The van der Waals surface area contributed by atoms with Crippen molar-refractivity contribution in [3.63, 3.8) is 0 Å². The molecule has 0 spiro atoms. The molecule has 27 nitrogen and oxygen atoms in total. The number of aliphatic carboxylic acids is 3. The molecule has 0 saturated heterocycles. The molecule has 0 aliphatic heterocycles. The Morgan fingerprint density at radius 3 is 1.78 bits per heavy atom. The number of nitrogens with zero attached hydrogens (tertiary/aromatic N) is 2. The number of aromatic nitrogens is 1. The second kappa shape index (κ2) is 35.5. The van der Waals surface area contributed by atoms with E-state index < -0.39 is 188 Å². The molecule has 0 unspecified atom stereocenters. The molecule has 0 fully saturated rings. The number of carboxylic acid groups (broad SMARTS) is 3. The van der Waals surface area contributed by atoms with Crippen LogP contribution in [0.15, 0.2) is 60.8 Å². The average molecular weight is 1250 g/mol. The number of carbonyl (C=O) groups excluding carboxylic acids is 9. The molecule has 0 radical (unpaired) electrons. The normalized spacial score (nSPS) is 13.6. The summed E-state index contributed by atoms with van der Waals surface area (Å²) in [5.41, 5.74) is 11.4. The summed E-state index contributed by atoms with van der Waals surface area (Å²) in [4.78, 5) is 152. The Hall–Kier alpha value is -9.07. The van der Waals surface area contributed by atoms with E-state index in [1.54, 1.807) is 55.8 Å². The summed E-state index contributed by atoms with van der Waals surface area (Å²) < 4.78 is 63.5. The van der Waals surface area contributed by atoms with Gasteiger partial charge in [0, 0.05) is 62.4 Å². The molecule has 0 saturated carbocycles. The van der Waals surface area contributed by atoms with Gasteiger partial charge < -0.3 is 78.6 Å². The summed E-state index contributed by atoms with van der Waals surface area (Å²) in [5, 5.41) is 52.9. The second-order valence-electron chi connectivity index (χ2n) is 21.2. The molecule has 32 heteroatoms. The van der Waals surface area contributed by atoms with E-state index in [0.29, 0.717) is 25.1 Å². The van der Waals surface area contributed by atoms with Crippen LogP contribution in [0.5, 0.6) is 0 Å². The van der Waals surface area contributed by atoms with Crippen LogP contribution in [0.25, 0.3) is 11.1 Å². The zero-order valence-electron chi connectivity index (χ0n) is 49.1. The largest absolute Gasteiger partial charge is 0.490 e. The number of benzene rings is 2. The third kappa shape index (κ3) is 25.9. The van der Waals surface area contributed by atoms with Gasteiger partial charge in [-0.15, -0.1) is 0 Å². The molecular weight excluding hydrogens is 1180 g/mol. The number of carboxylic acids is 3. The van der Waals surface area contributed by atoms with Crippen LogP contribution in [0.3, 0.4) is 0 Å². The van der Waals surface area contributed by atoms with E-state index in [2.05, 4.69) is 37.2 Å².